The van der Waals surface area contributed by atoms with Gasteiger partial charge in [0.05, 0.1) is 24.5 Å². The second-order valence-electron chi connectivity index (χ2n) is 3.85. The van der Waals surface area contributed by atoms with Crippen molar-refractivity contribution >= 4 is 77.8 Å². The van der Waals surface area contributed by atoms with E-state index in [4.69, 9.17) is 34.8 Å². The minimum absolute atomic E-state index is 0.0722. The zero-order valence-electron chi connectivity index (χ0n) is 9.88. The number of hydrogen-bond acceptors (Lipinski definition) is 3. The van der Waals surface area contributed by atoms with E-state index in [2.05, 4.69) is 20.7 Å². The third kappa shape index (κ3) is 3.26. The molecule has 0 unspecified atom stereocenters. The smallest absolute Gasteiger partial charge is 0.271 e. The molecule has 0 fully saturated rings. The lowest BCUT2D eigenvalue weighted by Gasteiger charge is -2.11. The molecule has 1 heterocycles. The van der Waals surface area contributed by atoms with Crippen molar-refractivity contribution in [3.63, 3.8) is 0 Å². The fraction of sp³-hybridized carbons (Fsp3) is 0.0909. The standard InChI is InChI=1S/C11H7BrCl3NO2S2/c1-5-2-3-6(13)10(9(5)15)16-20(17,18)8-4-7(14)11(12)19-8/h2-4,16H,1H3. The Morgan fingerprint density at radius 1 is 1.20 bits per heavy atom. The van der Waals surface area contributed by atoms with Crippen LogP contribution < -0.4 is 4.72 Å². The van der Waals surface area contributed by atoms with Crippen LogP contribution in [0.15, 0.2) is 26.2 Å². The van der Waals surface area contributed by atoms with Crippen LogP contribution in [0.4, 0.5) is 5.69 Å². The number of aryl methyl sites for hydroxylation is 1. The molecule has 1 N–H and O–H groups in total. The molecule has 108 valence electrons. The molecule has 0 aliphatic heterocycles. The van der Waals surface area contributed by atoms with Crippen molar-refractivity contribution in [2.45, 2.75) is 11.1 Å². The van der Waals surface area contributed by atoms with E-state index in [0.717, 1.165) is 16.9 Å². The van der Waals surface area contributed by atoms with Gasteiger partial charge in [0.15, 0.2) is 0 Å². The van der Waals surface area contributed by atoms with Gasteiger partial charge in [-0.25, -0.2) is 8.42 Å². The van der Waals surface area contributed by atoms with Gasteiger partial charge in [0.2, 0.25) is 0 Å². The van der Waals surface area contributed by atoms with Crippen LogP contribution in [-0.4, -0.2) is 8.42 Å². The Morgan fingerprint density at radius 2 is 1.85 bits per heavy atom. The van der Waals surface area contributed by atoms with Crippen molar-refractivity contribution in [2.24, 2.45) is 0 Å². The molecule has 20 heavy (non-hydrogen) atoms. The normalized spacial score (nSPS) is 11.7. The number of hydrogen-bond donors (Lipinski definition) is 1. The molecule has 0 aliphatic rings. The third-order valence-corrected chi connectivity index (χ3v) is 7.51. The van der Waals surface area contributed by atoms with Crippen LogP contribution in [0, 0.1) is 6.92 Å². The molecule has 9 heteroatoms. The number of halogens is 4. The van der Waals surface area contributed by atoms with E-state index in [1.54, 1.807) is 19.1 Å². The molecule has 0 aliphatic carbocycles. The molecule has 0 saturated heterocycles. The number of benzene rings is 1. The van der Waals surface area contributed by atoms with Gasteiger partial charge in [-0.3, -0.25) is 4.72 Å². The predicted octanol–water partition coefficient (Wildman–Crippen LogP) is 5.58. The quantitative estimate of drug-likeness (QED) is 0.684. The van der Waals surface area contributed by atoms with E-state index >= 15 is 0 Å². The molecule has 0 bridgehead atoms. The summed E-state index contributed by atoms with van der Waals surface area (Å²) in [6.45, 7) is 1.76. The van der Waals surface area contributed by atoms with E-state index in [1.165, 1.54) is 6.07 Å². The maximum Gasteiger partial charge on any atom is 0.271 e. The zero-order chi connectivity index (χ0) is 15.1. The molecule has 2 rings (SSSR count). The number of thiophene rings is 1. The Bertz CT molecular complexity index is 755. The molecule has 0 saturated carbocycles. The van der Waals surface area contributed by atoms with E-state index in [1.807, 2.05) is 0 Å². The van der Waals surface area contributed by atoms with Crippen LogP contribution in [0.25, 0.3) is 0 Å². The van der Waals surface area contributed by atoms with Crippen LogP contribution in [-0.2, 0) is 10.0 Å². The number of nitrogens with one attached hydrogen (secondary N) is 1. The van der Waals surface area contributed by atoms with Gasteiger partial charge in [-0.2, -0.15) is 0 Å². The average molecular weight is 436 g/mol. The average Bonchev–Trinajstić information content (AvgIpc) is 2.71. The van der Waals surface area contributed by atoms with Crippen molar-refractivity contribution < 1.29 is 8.42 Å². The first-order chi connectivity index (χ1) is 9.22. The maximum atomic E-state index is 12.3. The van der Waals surface area contributed by atoms with Crippen molar-refractivity contribution in [1.29, 1.82) is 0 Å². The SMILES string of the molecule is Cc1ccc(Cl)c(NS(=O)(=O)c2cc(Cl)c(Br)s2)c1Cl. The number of rotatable bonds is 3. The third-order valence-electron chi connectivity index (χ3n) is 2.41. The molecule has 0 radical (unpaired) electrons. The van der Waals surface area contributed by atoms with Crippen molar-refractivity contribution in [2.75, 3.05) is 4.72 Å². The van der Waals surface area contributed by atoms with Crippen molar-refractivity contribution in [3.05, 3.63) is 42.6 Å². The topological polar surface area (TPSA) is 46.2 Å². The molecule has 2 aromatic rings. The van der Waals surface area contributed by atoms with Gasteiger partial charge in [-0.1, -0.05) is 40.9 Å². The second kappa shape index (κ2) is 6.02. The Kier molecular flexibility index (Phi) is 4.94. The van der Waals surface area contributed by atoms with Crippen LogP contribution in [0.2, 0.25) is 15.1 Å². The second-order valence-corrected chi connectivity index (χ2v) is 9.32. The Morgan fingerprint density at radius 3 is 2.40 bits per heavy atom. The first-order valence-electron chi connectivity index (χ1n) is 5.14. The fourth-order valence-corrected chi connectivity index (χ4v) is 5.46. The minimum atomic E-state index is -3.79. The monoisotopic (exact) mass is 433 g/mol. The van der Waals surface area contributed by atoms with E-state index in [-0.39, 0.29) is 19.9 Å². The van der Waals surface area contributed by atoms with Gasteiger partial charge in [0.25, 0.3) is 10.0 Å². The summed E-state index contributed by atoms with van der Waals surface area (Å²) in [4.78, 5) is 0. The molecule has 0 amide bonds. The van der Waals surface area contributed by atoms with Crippen LogP contribution >= 0.6 is 62.1 Å². The highest BCUT2D eigenvalue weighted by Crippen LogP contribution is 2.38. The van der Waals surface area contributed by atoms with Gasteiger partial charge in [-0.15, -0.1) is 11.3 Å². The van der Waals surface area contributed by atoms with E-state index in [0.29, 0.717) is 8.81 Å². The largest absolute Gasteiger partial charge is 0.276 e. The van der Waals surface area contributed by atoms with E-state index < -0.39 is 10.0 Å². The summed E-state index contributed by atoms with van der Waals surface area (Å²) in [5.41, 5.74) is 0.883. The van der Waals surface area contributed by atoms with Crippen molar-refractivity contribution in [3.8, 4) is 0 Å². The molecule has 0 spiro atoms. The highest BCUT2D eigenvalue weighted by molar-refractivity contribution is 9.11. The molecule has 1 aromatic heterocycles. The summed E-state index contributed by atoms with van der Waals surface area (Å²) in [7, 11) is -3.79. The zero-order valence-corrected chi connectivity index (χ0v) is 15.4. The minimum Gasteiger partial charge on any atom is -0.276 e. The highest BCUT2D eigenvalue weighted by Gasteiger charge is 2.22. The summed E-state index contributed by atoms with van der Waals surface area (Å²) < 4.78 is 27.6. The van der Waals surface area contributed by atoms with Crippen LogP contribution in [0.1, 0.15) is 5.56 Å². The van der Waals surface area contributed by atoms with Gasteiger partial charge in [0, 0.05) is 0 Å². The van der Waals surface area contributed by atoms with Crippen LogP contribution in [0.3, 0.4) is 0 Å². The predicted molar refractivity (Wildman–Crippen MR) is 89.0 cm³/mol. The summed E-state index contributed by atoms with van der Waals surface area (Å²) in [5, 5.41) is 0.825. The molecule has 1 aromatic carbocycles. The van der Waals surface area contributed by atoms with Crippen molar-refractivity contribution in [1.82, 2.24) is 0 Å². The van der Waals surface area contributed by atoms with Crippen LogP contribution in [0.5, 0.6) is 0 Å². The van der Waals surface area contributed by atoms with Gasteiger partial charge in [-0.05, 0) is 40.5 Å². The van der Waals surface area contributed by atoms with Gasteiger partial charge >= 0.3 is 0 Å². The molecular formula is C11H7BrCl3NO2S2. The lowest BCUT2D eigenvalue weighted by molar-refractivity contribution is 0.603. The Balaban J connectivity index is 2.46. The summed E-state index contributed by atoms with van der Waals surface area (Å²) >= 11 is 22.1. The Hall–Kier alpha value is 0.0200. The Labute approximate surface area is 144 Å². The first kappa shape index (κ1) is 16.4. The lowest BCUT2D eigenvalue weighted by Crippen LogP contribution is -2.12. The summed E-state index contributed by atoms with van der Waals surface area (Å²) in [6.07, 6.45) is 0. The summed E-state index contributed by atoms with van der Waals surface area (Å²) in [5.74, 6) is 0. The number of sulfonamides is 1. The van der Waals surface area contributed by atoms with E-state index in [9.17, 15) is 8.42 Å². The fourth-order valence-electron chi connectivity index (χ4n) is 1.39. The van der Waals surface area contributed by atoms with Gasteiger partial charge in [0.1, 0.15) is 4.21 Å². The summed E-state index contributed by atoms with van der Waals surface area (Å²) in [6, 6.07) is 4.65. The highest BCUT2D eigenvalue weighted by atomic mass is 79.9. The molecule has 0 atom stereocenters. The molecular weight excluding hydrogens is 429 g/mol. The number of anilines is 1. The molecule has 3 nitrogen and oxygen atoms in total. The van der Waals surface area contributed by atoms with Gasteiger partial charge < -0.3 is 0 Å². The lowest BCUT2D eigenvalue weighted by atomic mass is 10.2. The maximum absolute atomic E-state index is 12.3. The first-order valence-corrected chi connectivity index (χ1v) is 9.37.